The lowest BCUT2D eigenvalue weighted by Gasteiger charge is -2.31. The molecule has 1 atom stereocenters. The maximum Gasteiger partial charge on any atom is 0.244 e. The summed E-state index contributed by atoms with van der Waals surface area (Å²) in [6, 6.07) is -0.572. The van der Waals surface area contributed by atoms with E-state index in [0.29, 0.717) is 5.92 Å². The molecule has 5 heteroatoms. The third kappa shape index (κ3) is 2.66. The molecule has 1 aromatic rings. The maximum atomic E-state index is 12.2. The first-order valence-corrected chi connectivity index (χ1v) is 6.11. The van der Waals surface area contributed by atoms with Crippen molar-refractivity contribution in [2.75, 3.05) is 13.1 Å². The fourth-order valence-electron chi connectivity index (χ4n) is 2.17. The maximum absolute atomic E-state index is 12.2. The van der Waals surface area contributed by atoms with Crippen LogP contribution in [-0.4, -0.2) is 33.7 Å². The summed E-state index contributed by atoms with van der Waals surface area (Å²) in [4.78, 5) is 14.1. The molecule has 2 N–H and O–H groups in total. The van der Waals surface area contributed by atoms with Gasteiger partial charge in [0.15, 0.2) is 0 Å². The SMILES string of the molecule is CC1CCN(C(=O)C(N)c2cnn(C)c2)CC1. The first-order valence-electron chi connectivity index (χ1n) is 6.11. The number of rotatable bonds is 2. The van der Waals surface area contributed by atoms with Crippen molar-refractivity contribution in [1.82, 2.24) is 14.7 Å². The first-order chi connectivity index (χ1) is 8.08. The molecular weight excluding hydrogens is 216 g/mol. The molecule has 0 aromatic carbocycles. The number of nitrogens with zero attached hydrogens (tertiary/aromatic N) is 3. The zero-order valence-corrected chi connectivity index (χ0v) is 10.5. The van der Waals surface area contributed by atoms with Gasteiger partial charge in [0.1, 0.15) is 6.04 Å². The number of piperidine rings is 1. The number of aromatic nitrogens is 2. The second kappa shape index (κ2) is 4.87. The lowest BCUT2D eigenvalue weighted by Crippen LogP contribution is -2.42. The van der Waals surface area contributed by atoms with Gasteiger partial charge in [0.25, 0.3) is 0 Å². The van der Waals surface area contributed by atoms with Crippen molar-refractivity contribution in [3.05, 3.63) is 18.0 Å². The molecule has 2 heterocycles. The van der Waals surface area contributed by atoms with E-state index in [0.717, 1.165) is 31.5 Å². The molecule has 1 aromatic heterocycles. The van der Waals surface area contributed by atoms with E-state index in [1.54, 1.807) is 17.1 Å². The number of nitrogens with two attached hydrogens (primary N) is 1. The molecule has 0 radical (unpaired) electrons. The van der Waals surface area contributed by atoms with Crippen LogP contribution in [0.2, 0.25) is 0 Å². The molecule has 2 rings (SSSR count). The van der Waals surface area contributed by atoms with Crippen LogP contribution in [0, 0.1) is 5.92 Å². The van der Waals surface area contributed by atoms with E-state index in [2.05, 4.69) is 12.0 Å². The van der Waals surface area contributed by atoms with Gasteiger partial charge in [-0.1, -0.05) is 6.92 Å². The lowest BCUT2D eigenvalue weighted by atomic mass is 9.98. The Bertz CT molecular complexity index is 393. The molecule has 94 valence electrons. The molecule has 1 unspecified atom stereocenters. The Morgan fingerprint density at radius 2 is 2.18 bits per heavy atom. The van der Waals surface area contributed by atoms with Crippen molar-refractivity contribution in [1.29, 1.82) is 0 Å². The summed E-state index contributed by atoms with van der Waals surface area (Å²) < 4.78 is 1.67. The summed E-state index contributed by atoms with van der Waals surface area (Å²) in [5.74, 6) is 0.735. The Labute approximate surface area is 102 Å². The van der Waals surface area contributed by atoms with E-state index in [1.807, 2.05) is 11.9 Å². The summed E-state index contributed by atoms with van der Waals surface area (Å²) in [5, 5.41) is 4.04. The van der Waals surface area contributed by atoms with E-state index in [9.17, 15) is 4.79 Å². The quantitative estimate of drug-likeness (QED) is 0.821. The van der Waals surface area contributed by atoms with E-state index < -0.39 is 6.04 Å². The van der Waals surface area contributed by atoms with Crippen LogP contribution in [0.3, 0.4) is 0 Å². The Kier molecular flexibility index (Phi) is 3.47. The molecule has 0 aliphatic carbocycles. The van der Waals surface area contributed by atoms with Crippen LogP contribution in [0.4, 0.5) is 0 Å². The molecule has 5 nitrogen and oxygen atoms in total. The van der Waals surface area contributed by atoms with Crippen molar-refractivity contribution >= 4 is 5.91 Å². The molecule has 0 saturated carbocycles. The minimum Gasteiger partial charge on any atom is -0.341 e. The van der Waals surface area contributed by atoms with Crippen LogP contribution in [0.15, 0.2) is 12.4 Å². The number of hydrogen-bond donors (Lipinski definition) is 1. The Balaban J connectivity index is 2.00. The van der Waals surface area contributed by atoms with Gasteiger partial charge >= 0.3 is 0 Å². The summed E-state index contributed by atoms with van der Waals surface area (Å²) in [5.41, 5.74) is 6.76. The third-order valence-corrected chi connectivity index (χ3v) is 3.45. The average Bonchev–Trinajstić information content (AvgIpc) is 2.75. The number of carbonyl (C=O) groups excluding carboxylic acids is 1. The lowest BCUT2D eigenvalue weighted by molar-refractivity contribution is -0.134. The molecular formula is C12H20N4O. The van der Waals surface area contributed by atoms with Gasteiger partial charge in [-0.3, -0.25) is 9.48 Å². The summed E-state index contributed by atoms with van der Waals surface area (Å²) in [6.45, 7) is 3.88. The van der Waals surface area contributed by atoms with Gasteiger partial charge in [-0.25, -0.2) is 0 Å². The van der Waals surface area contributed by atoms with Crippen LogP contribution in [0.25, 0.3) is 0 Å². The Morgan fingerprint density at radius 3 is 2.71 bits per heavy atom. The van der Waals surface area contributed by atoms with Gasteiger partial charge in [0.05, 0.1) is 6.20 Å². The van der Waals surface area contributed by atoms with Crippen LogP contribution < -0.4 is 5.73 Å². The minimum absolute atomic E-state index is 0.0184. The third-order valence-electron chi connectivity index (χ3n) is 3.45. The highest BCUT2D eigenvalue weighted by atomic mass is 16.2. The monoisotopic (exact) mass is 236 g/mol. The molecule has 1 amide bonds. The van der Waals surface area contributed by atoms with Crippen molar-refractivity contribution in [3.63, 3.8) is 0 Å². The molecule has 17 heavy (non-hydrogen) atoms. The van der Waals surface area contributed by atoms with E-state index in [-0.39, 0.29) is 5.91 Å². The Hall–Kier alpha value is -1.36. The number of amides is 1. The van der Waals surface area contributed by atoms with Gasteiger partial charge in [-0.05, 0) is 18.8 Å². The topological polar surface area (TPSA) is 64.2 Å². The zero-order valence-electron chi connectivity index (χ0n) is 10.5. The second-order valence-corrected chi connectivity index (χ2v) is 4.93. The van der Waals surface area contributed by atoms with Crippen molar-refractivity contribution in [2.45, 2.75) is 25.8 Å². The molecule has 1 saturated heterocycles. The van der Waals surface area contributed by atoms with Gasteiger partial charge in [0, 0.05) is 31.9 Å². The smallest absolute Gasteiger partial charge is 0.244 e. The largest absolute Gasteiger partial charge is 0.341 e. The summed E-state index contributed by atoms with van der Waals surface area (Å²) >= 11 is 0. The van der Waals surface area contributed by atoms with E-state index in [4.69, 9.17) is 5.73 Å². The van der Waals surface area contributed by atoms with Crippen LogP contribution in [0.1, 0.15) is 31.4 Å². The molecule has 0 bridgehead atoms. The second-order valence-electron chi connectivity index (χ2n) is 4.93. The number of carbonyl (C=O) groups is 1. The van der Waals surface area contributed by atoms with Gasteiger partial charge < -0.3 is 10.6 Å². The van der Waals surface area contributed by atoms with E-state index in [1.165, 1.54) is 0 Å². The summed E-state index contributed by atoms with van der Waals surface area (Å²) in [6.07, 6.45) is 5.61. The highest BCUT2D eigenvalue weighted by Gasteiger charge is 2.26. The molecule has 1 aliphatic heterocycles. The predicted molar refractivity (Wildman–Crippen MR) is 65.1 cm³/mol. The van der Waals surface area contributed by atoms with Crippen LogP contribution >= 0.6 is 0 Å². The number of likely N-dealkylation sites (tertiary alicyclic amines) is 1. The van der Waals surface area contributed by atoms with Crippen LogP contribution in [0.5, 0.6) is 0 Å². The van der Waals surface area contributed by atoms with Gasteiger partial charge in [-0.15, -0.1) is 0 Å². The standard InChI is InChI=1S/C12H20N4O/c1-9-3-5-16(6-4-9)12(17)11(13)10-7-14-15(2)8-10/h7-9,11H,3-6,13H2,1-2H3. The molecule has 0 spiro atoms. The molecule has 1 aliphatic rings. The number of hydrogen-bond acceptors (Lipinski definition) is 3. The Morgan fingerprint density at radius 1 is 1.53 bits per heavy atom. The first kappa shape index (κ1) is 12.1. The normalized spacial score (nSPS) is 19.4. The summed E-state index contributed by atoms with van der Waals surface area (Å²) in [7, 11) is 1.82. The zero-order chi connectivity index (χ0) is 12.4. The van der Waals surface area contributed by atoms with Gasteiger partial charge in [-0.2, -0.15) is 5.10 Å². The van der Waals surface area contributed by atoms with Crippen LogP contribution in [-0.2, 0) is 11.8 Å². The van der Waals surface area contributed by atoms with Crippen molar-refractivity contribution < 1.29 is 4.79 Å². The highest BCUT2D eigenvalue weighted by molar-refractivity contribution is 5.83. The van der Waals surface area contributed by atoms with Crippen molar-refractivity contribution in [2.24, 2.45) is 18.7 Å². The fraction of sp³-hybridized carbons (Fsp3) is 0.667. The predicted octanol–water partition coefficient (Wildman–Crippen LogP) is 0.678. The molecule has 1 fully saturated rings. The van der Waals surface area contributed by atoms with Crippen molar-refractivity contribution in [3.8, 4) is 0 Å². The van der Waals surface area contributed by atoms with E-state index >= 15 is 0 Å². The fourth-order valence-corrected chi connectivity index (χ4v) is 2.17. The minimum atomic E-state index is -0.572. The van der Waals surface area contributed by atoms with Gasteiger partial charge in [0.2, 0.25) is 5.91 Å². The number of aryl methyl sites for hydroxylation is 1. The average molecular weight is 236 g/mol. The highest BCUT2D eigenvalue weighted by Crippen LogP contribution is 2.19.